The Morgan fingerprint density at radius 2 is 2.26 bits per heavy atom. The van der Waals surface area contributed by atoms with Crippen molar-refractivity contribution < 1.29 is 4.39 Å². The van der Waals surface area contributed by atoms with Gasteiger partial charge in [0.1, 0.15) is 5.82 Å². The van der Waals surface area contributed by atoms with Crippen molar-refractivity contribution in [1.82, 2.24) is 14.9 Å². The maximum Gasteiger partial charge on any atom is 0.143 e. The zero-order valence-corrected chi connectivity index (χ0v) is 11.2. The van der Waals surface area contributed by atoms with Gasteiger partial charge in [-0.25, -0.2) is 9.37 Å². The van der Waals surface area contributed by atoms with Gasteiger partial charge in [-0.1, -0.05) is 18.0 Å². The Bertz CT molecular complexity index is 576. The molecular formula is C14H15ClFN3. The average Bonchev–Trinajstić information content (AvgIpc) is 2.92. The van der Waals surface area contributed by atoms with Crippen molar-refractivity contribution in [3.05, 3.63) is 47.3 Å². The molecule has 1 aliphatic rings. The van der Waals surface area contributed by atoms with E-state index in [0.717, 1.165) is 24.3 Å². The number of piperidine rings is 1. The van der Waals surface area contributed by atoms with Gasteiger partial charge in [-0.15, -0.1) is 0 Å². The fourth-order valence-corrected chi connectivity index (χ4v) is 2.64. The number of benzene rings is 1. The van der Waals surface area contributed by atoms with Crippen molar-refractivity contribution in [2.24, 2.45) is 0 Å². The van der Waals surface area contributed by atoms with Crippen molar-refractivity contribution in [1.29, 1.82) is 0 Å². The standard InChI is InChI=1S/C14H15ClFN3/c15-11-5-4-10(7-12(11)16)19-9-17-8-14(19)13-3-1-2-6-18-13/h4-5,7-9,13,18H,1-3,6H2. The van der Waals surface area contributed by atoms with Gasteiger partial charge in [0.2, 0.25) is 0 Å². The average molecular weight is 280 g/mol. The van der Waals surface area contributed by atoms with E-state index in [-0.39, 0.29) is 11.1 Å². The normalized spacial score (nSPS) is 19.6. The molecule has 0 radical (unpaired) electrons. The predicted molar refractivity (Wildman–Crippen MR) is 73.1 cm³/mol. The molecule has 1 atom stereocenters. The minimum Gasteiger partial charge on any atom is -0.309 e. The van der Waals surface area contributed by atoms with Gasteiger partial charge in [0.05, 0.1) is 23.2 Å². The van der Waals surface area contributed by atoms with Crippen LogP contribution in [0.1, 0.15) is 31.0 Å². The molecule has 19 heavy (non-hydrogen) atoms. The molecule has 0 amide bonds. The molecule has 0 aliphatic carbocycles. The van der Waals surface area contributed by atoms with E-state index >= 15 is 0 Å². The van der Waals surface area contributed by atoms with Crippen LogP contribution in [0.4, 0.5) is 4.39 Å². The van der Waals surface area contributed by atoms with Gasteiger partial charge >= 0.3 is 0 Å². The third-order valence-electron chi connectivity index (χ3n) is 3.52. The Kier molecular flexibility index (Phi) is 3.53. The van der Waals surface area contributed by atoms with Gasteiger partial charge in [-0.2, -0.15) is 0 Å². The summed E-state index contributed by atoms with van der Waals surface area (Å²) < 4.78 is 15.5. The highest BCUT2D eigenvalue weighted by Crippen LogP contribution is 2.26. The van der Waals surface area contributed by atoms with Crippen molar-refractivity contribution in [3.8, 4) is 5.69 Å². The van der Waals surface area contributed by atoms with E-state index in [1.165, 1.54) is 18.9 Å². The summed E-state index contributed by atoms with van der Waals surface area (Å²) >= 11 is 5.72. The first-order valence-electron chi connectivity index (χ1n) is 6.47. The highest BCUT2D eigenvalue weighted by molar-refractivity contribution is 6.30. The van der Waals surface area contributed by atoms with Crippen LogP contribution in [0, 0.1) is 5.82 Å². The number of nitrogens with one attached hydrogen (secondary N) is 1. The smallest absolute Gasteiger partial charge is 0.143 e. The topological polar surface area (TPSA) is 29.9 Å². The molecule has 1 aromatic carbocycles. The van der Waals surface area contributed by atoms with Crippen LogP contribution in [0.3, 0.4) is 0 Å². The van der Waals surface area contributed by atoms with E-state index < -0.39 is 5.82 Å². The zero-order valence-electron chi connectivity index (χ0n) is 10.4. The Balaban J connectivity index is 1.96. The number of aromatic nitrogens is 2. The lowest BCUT2D eigenvalue weighted by Gasteiger charge is -2.24. The Hall–Kier alpha value is -1.39. The van der Waals surface area contributed by atoms with Crippen LogP contribution < -0.4 is 5.32 Å². The molecule has 5 heteroatoms. The second kappa shape index (κ2) is 5.31. The monoisotopic (exact) mass is 279 g/mol. The van der Waals surface area contributed by atoms with Gasteiger partial charge in [0, 0.05) is 11.7 Å². The van der Waals surface area contributed by atoms with Crippen LogP contribution in [0.2, 0.25) is 5.02 Å². The maximum absolute atomic E-state index is 13.6. The summed E-state index contributed by atoms with van der Waals surface area (Å²) in [5, 5.41) is 3.62. The first-order chi connectivity index (χ1) is 9.25. The summed E-state index contributed by atoms with van der Waals surface area (Å²) in [5.41, 5.74) is 1.82. The highest BCUT2D eigenvalue weighted by atomic mass is 35.5. The van der Waals surface area contributed by atoms with E-state index in [9.17, 15) is 4.39 Å². The van der Waals surface area contributed by atoms with E-state index in [2.05, 4.69) is 10.3 Å². The summed E-state index contributed by atoms with van der Waals surface area (Å²) in [6.07, 6.45) is 7.06. The molecule has 1 saturated heterocycles. The predicted octanol–water partition coefficient (Wildman–Crippen LogP) is 3.48. The van der Waals surface area contributed by atoms with Gasteiger partial charge in [0.25, 0.3) is 0 Å². The minimum atomic E-state index is -0.407. The number of halogens is 2. The van der Waals surface area contributed by atoms with Crippen LogP contribution >= 0.6 is 11.6 Å². The van der Waals surface area contributed by atoms with Crippen molar-refractivity contribution in [2.45, 2.75) is 25.3 Å². The summed E-state index contributed by atoms with van der Waals surface area (Å²) in [5.74, 6) is -0.407. The zero-order chi connectivity index (χ0) is 13.2. The first kappa shape index (κ1) is 12.6. The van der Waals surface area contributed by atoms with Crippen LogP contribution in [0.15, 0.2) is 30.7 Å². The fraction of sp³-hybridized carbons (Fsp3) is 0.357. The Labute approximate surface area is 116 Å². The van der Waals surface area contributed by atoms with Crippen molar-refractivity contribution >= 4 is 11.6 Å². The molecule has 1 aliphatic heterocycles. The summed E-state index contributed by atoms with van der Waals surface area (Å²) in [6, 6.07) is 5.11. The molecule has 3 nitrogen and oxygen atoms in total. The van der Waals surface area contributed by atoms with Gasteiger partial charge in [0.15, 0.2) is 0 Å². The molecule has 0 bridgehead atoms. The summed E-state index contributed by atoms with van der Waals surface area (Å²) in [7, 11) is 0. The lowest BCUT2D eigenvalue weighted by Crippen LogP contribution is -2.28. The van der Waals surface area contributed by atoms with Crippen molar-refractivity contribution in [3.63, 3.8) is 0 Å². The second-order valence-electron chi connectivity index (χ2n) is 4.79. The van der Waals surface area contributed by atoms with Crippen LogP contribution in [-0.4, -0.2) is 16.1 Å². The van der Waals surface area contributed by atoms with Crippen molar-refractivity contribution in [2.75, 3.05) is 6.54 Å². The molecule has 1 N–H and O–H groups in total. The van der Waals surface area contributed by atoms with Gasteiger partial charge in [-0.3, -0.25) is 0 Å². The lowest BCUT2D eigenvalue weighted by atomic mass is 10.0. The molecule has 1 unspecified atom stereocenters. The molecule has 1 fully saturated rings. The number of nitrogens with zero attached hydrogens (tertiary/aromatic N) is 2. The van der Waals surface area contributed by atoms with E-state index in [0.29, 0.717) is 0 Å². The van der Waals surface area contributed by atoms with Gasteiger partial charge < -0.3 is 9.88 Å². The number of hydrogen-bond acceptors (Lipinski definition) is 2. The number of hydrogen-bond donors (Lipinski definition) is 1. The van der Waals surface area contributed by atoms with E-state index in [4.69, 9.17) is 11.6 Å². The van der Waals surface area contributed by atoms with E-state index in [1.807, 2.05) is 10.8 Å². The first-order valence-corrected chi connectivity index (χ1v) is 6.84. The summed E-state index contributed by atoms with van der Waals surface area (Å²) in [6.45, 7) is 1.02. The Morgan fingerprint density at radius 3 is 3.00 bits per heavy atom. The number of rotatable bonds is 2. The fourth-order valence-electron chi connectivity index (χ4n) is 2.52. The molecule has 2 heterocycles. The molecule has 0 saturated carbocycles. The SMILES string of the molecule is Fc1cc(-n2cncc2C2CCCCN2)ccc1Cl. The highest BCUT2D eigenvalue weighted by Gasteiger charge is 2.19. The molecule has 1 aromatic heterocycles. The molecule has 3 rings (SSSR count). The number of imidazole rings is 1. The second-order valence-corrected chi connectivity index (χ2v) is 5.20. The van der Waals surface area contributed by atoms with Crippen LogP contribution in [0.5, 0.6) is 0 Å². The minimum absolute atomic E-state index is 0.140. The van der Waals surface area contributed by atoms with Crippen LogP contribution in [0.25, 0.3) is 5.69 Å². The molecule has 2 aromatic rings. The largest absolute Gasteiger partial charge is 0.309 e. The summed E-state index contributed by atoms with van der Waals surface area (Å²) in [4.78, 5) is 4.19. The lowest BCUT2D eigenvalue weighted by molar-refractivity contribution is 0.402. The third kappa shape index (κ3) is 2.51. The molecule has 0 spiro atoms. The van der Waals surface area contributed by atoms with E-state index in [1.54, 1.807) is 18.5 Å². The quantitative estimate of drug-likeness (QED) is 0.912. The molecule has 100 valence electrons. The Morgan fingerprint density at radius 1 is 1.37 bits per heavy atom. The van der Waals surface area contributed by atoms with Crippen LogP contribution in [-0.2, 0) is 0 Å². The third-order valence-corrected chi connectivity index (χ3v) is 3.82. The maximum atomic E-state index is 13.6. The molecular weight excluding hydrogens is 265 g/mol. The van der Waals surface area contributed by atoms with Gasteiger partial charge in [-0.05, 0) is 37.6 Å².